The van der Waals surface area contributed by atoms with E-state index in [2.05, 4.69) is 0 Å². The predicted octanol–water partition coefficient (Wildman–Crippen LogP) is 1.49. The first-order valence-corrected chi connectivity index (χ1v) is 12.6. The molecule has 0 radical (unpaired) electrons. The molecule has 1 rings (SSSR count). The van der Waals surface area contributed by atoms with Crippen molar-refractivity contribution in [3.05, 3.63) is 30.3 Å². The highest BCUT2D eigenvalue weighted by atomic mass is 32.2. The summed E-state index contributed by atoms with van der Waals surface area (Å²) < 4.78 is 28.3. The van der Waals surface area contributed by atoms with Crippen LogP contribution in [0.25, 0.3) is 0 Å². The maximum absolute atomic E-state index is 11.4. The van der Waals surface area contributed by atoms with Crippen LogP contribution in [0.3, 0.4) is 0 Å². The van der Waals surface area contributed by atoms with E-state index >= 15 is 0 Å². The van der Waals surface area contributed by atoms with Crippen molar-refractivity contribution in [2.75, 3.05) is 23.9 Å². The molecule has 0 aliphatic heterocycles. The molecule has 0 fully saturated rings. The monoisotopic (exact) mass is 415 g/mol. The maximum atomic E-state index is 11.4. The van der Waals surface area contributed by atoms with E-state index in [4.69, 9.17) is 24.3 Å². The number of hydrogen-bond acceptors (Lipinski definition) is 4. The molecule has 8 nitrogen and oxygen atoms in total. The van der Waals surface area contributed by atoms with Crippen molar-refractivity contribution < 1.29 is 38.5 Å². The third-order valence-electron chi connectivity index (χ3n) is 3.66. The fourth-order valence-electron chi connectivity index (χ4n) is 2.10. The van der Waals surface area contributed by atoms with Gasteiger partial charge < -0.3 is 29.4 Å². The van der Waals surface area contributed by atoms with E-state index in [1.54, 1.807) is 0 Å². The fraction of sp³-hybridized carbons (Fsp3) is 0.571. The van der Waals surface area contributed by atoms with E-state index < -0.39 is 26.7 Å². The SMILES string of the molecule is CC[S+](CCCOc1ccccc1)CCC(O)(P(=O)(O)O)P(=O)(O)O. The molecule has 0 aliphatic rings. The number of benzene rings is 1. The topological polar surface area (TPSA) is 145 Å². The molecular formula is C14H25O8P2S+. The lowest BCUT2D eigenvalue weighted by atomic mass is 10.3. The van der Waals surface area contributed by atoms with Gasteiger partial charge >= 0.3 is 15.2 Å². The molecule has 144 valence electrons. The lowest BCUT2D eigenvalue weighted by molar-refractivity contribution is 0.128. The number of ether oxygens (including phenoxy) is 1. The zero-order chi connectivity index (χ0) is 19.1. The first kappa shape index (κ1) is 22.7. The summed E-state index contributed by atoms with van der Waals surface area (Å²) in [6.07, 6.45) is 0.0359. The van der Waals surface area contributed by atoms with Crippen LogP contribution in [0.4, 0.5) is 0 Å². The van der Waals surface area contributed by atoms with Gasteiger partial charge in [0.25, 0.3) is 5.08 Å². The van der Waals surface area contributed by atoms with Gasteiger partial charge in [0, 0.05) is 12.8 Å². The Labute approximate surface area is 149 Å². The minimum atomic E-state index is -5.38. The van der Waals surface area contributed by atoms with Crippen molar-refractivity contribution in [1.29, 1.82) is 0 Å². The molecular weight excluding hydrogens is 390 g/mol. The Balaban J connectivity index is 2.52. The largest absolute Gasteiger partial charge is 0.493 e. The normalized spacial score (nSPS) is 14.3. The van der Waals surface area contributed by atoms with Gasteiger partial charge in [-0.1, -0.05) is 18.2 Å². The molecule has 1 unspecified atom stereocenters. The summed E-state index contributed by atoms with van der Waals surface area (Å²) in [6, 6.07) is 9.26. The molecule has 0 amide bonds. The maximum Gasteiger partial charge on any atom is 0.369 e. The smallest absolute Gasteiger partial charge is 0.369 e. The Bertz CT molecular complexity index is 593. The van der Waals surface area contributed by atoms with Gasteiger partial charge in [-0.3, -0.25) is 9.13 Å². The van der Waals surface area contributed by atoms with Crippen molar-refractivity contribution in [2.45, 2.75) is 24.8 Å². The molecule has 0 aliphatic carbocycles. The molecule has 1 atom stereocenters. The van der Waals surface area contributed by atoms with E-state index in [1.165, 1.54) is 0 Å². The fourth-order valence-corrected chi connectivity index (χ4v) is 6.46. The predicted molar refractivity (Wildman–Crippen MR) is 97.8 cm³/mol. The average Bonchev–Trinajstić information content (AvgIpc) is 2.52. The van der Waals surface area contributed by atoms with Gasteiger partial charge in [0.2, 0.25) is 0 Å². The highest BCUT2D eigenvalue weighted by Crippen LogP contribution is 2.68. The number of aliphatic hydroxyl groups is 1. The average molecular weight is 415 g/mol. The van der Waals surface area contributed by atoms with Crippen LogP contribution in [-0.4, -0.2) is 53.6 Å². The van der Waals surface area contributed by atoms with Gasteiger partial charge in [0.1, 0.15) is 23.0 Å². The summed E-state index contributed by atoms with van der Waals surface area (Å²) in [5.74, 6) is 2.23. The molecule has 11 heteroatoms. The van der Waals surface area contributed by atoms with Gasteiger partial charge in [-0.2, -0.15) is 0 Å². The van der Waals surface area contributed by atoms with Crippen molar-refractivity contribution in [2.24, 2.45) is 0 Å². The second-order valence-corrected chi connectivity index (χ2v) is 12.1. The molecule has 1 aromatic rings. The van der Waals surface area contributed by atoms with E-state index in [1.807, 2.05) is 37.3 Å². The van der Waals surface area contributed by atoms with Gasteiger partial charge in [-0.25, -0.2) is 0 Å². The highest BCUT2D eigenvalue weighted by molar-refractivity contribution is 7.96. The van der Waals surface area contributed by atoms with Crippen LogP contribution in [0.2, 0.25) is 0 Å². The van der Waals surface area contributed by atoms with Gasteiger partial charge in [0.15, 0.2) is 0 Å². The molecule has 0 aromatic heterocycles. The first-order valence-electron chi connectivity index (χ1n) is 7.67. The minimum absolute atomic E-state index is 0.120. The van der Waals surface area contributed by atoms with Gasteiger partial charge in [0.05, 0.1) is 6.61 Å². The lowest BCUT2D eigenvalue weighted by Gasteiger charge is -2.28. The second kappa shape index (κ2) is 9.53. The molecule has 0 saturated carbocycles. The summed E-state index contributed by atoms with van der Waals surface area (Å²) in [4.78, 5) is 36.6. The minimum Gasteiger partial charge on any atom is -0.493 e. The van der Waals surface area contributed by atoms with Crippen molar-refractivity contribution in [3.8, 4) is 5.75 Å². The third kappa shape index (κ3) is 6.70. The van der Waals surface area contributed by atoms with Crippen LogP contribution in [-0.2, 0) is 20.0 Å². The van der Waals surface area contributed by atoms with E-state index in [-0.39, 0.29) is 16.6 Å². The van der Waals surface area contributed by atoms with E-state index in [0.29, 0.717) is 24.5 Å². The van der Waals surface area contributed by atoms with Gasteiger partial charge in [-0.05, 0) is 30.0 Å². The Morgan fingerprint density at radius 2 is 1.60 bits per heavy atom. The molecule has 0 saturated heterocycles. The number of rotatable bonds is 11. The van der Waals surface area contributed by atoms with E-state index in [9.17, 15) is 14.2 Å². The summed E-state index contributed by atoms with van der Waals surface area (Å²) in [6.45, 7) is 2.35. The molecule has 1 aromatic carbocycles. The van der Waals surface area contributed by atoms with Gasteiger partial charge in [-0.15, -0.1) is 0 Å². The molecule has 0 heterocycles. The zero-order valence-corrected chi connectivity index (χ0v) is 16.5. The quantitative estimate of drug-likeness (QED) is 0.208. The van der Waals surface area contributed by atoms with Crippen LogP contribution < -0.4 is 4.74 Å². The first-order chi connectivity index (χ1) is 11.5. The molecule has 0 bridgehead atoms. The summed E-state index contributed by atoms with van der Waals surface area (Å²) in [7, 11) is -11.1. The Morgan fingerprint density at radius 3 is 2.08 bits per heavy atom. The number of hydrogen-bond donors (Lipinski definition) is 5. The Hall–Kier alpha value is -0.370. The van der Waals surface area contributed by atoms with Crippen molar-refractivity contribution in [3.63, 3.8) is 0 Å². The van der Waals surface area contributed by atoms with Crippen molar-refractivity contribution >= 4 is 26.1 Å². The molecule has 5 N–H and O–H groups in total. The van der Waals surface area contributed by atoms with Crippen LogP contribution in [0.1, 0.15) is 19.8 Å². The van der Waals surface area contributed by atoms with Crippen LogP contribution >= 0.6 is 15.2 Å². The summed E-state index contributed by atoms with van der Waals surface area (Å²) >= 11 is 0. The third-order valence-corrected chi connectivity index (χ3v) is 10.00. The Morgan fingerprint density at radius 1 is 1.04 bits per heavy atom. The van der Waals surface area contributed by atoms with Crippen LogP contribution in [0, 0.1) is 0 Å². The lowest BCUT2D eigenvalue weighted by Crippen LogP contribution is -2.32. The van der Waals surface area contributed by atoms with E-state index in [0.717, 1.165) is 5.75 Å². The standard InChI is InChI=1S/C14H24O8P2S/c1-2-25(11-6-10-22-13-7-4-3-5-8-13)12-9-14(15,23(16,17)18)24(19,20)21/h3-5,7-8,15H,2,6,9-12H2,1H3,(H3-,16,17,18,19,20,21)/p+1. The second-order valence-electron chi connectivity index (χ2n) is 5.44. The zero-order valence-electron chi connectivity index (χ0n) is 13.9. The summed E-state index contributed by atoms with van der Waals surface area (Å²) in [5, 5.41) is 6.58. The number of para-hydroxylation sites is 1. The van der Waals surface area contributed by atoms with Crippen molar-refractivity contribution in [1.82, 2.24) is 0 Å². The Kier molecular flexibility index (Phi) is 8.64. The molecule has 0 spiro atoms. The van der Waals surface area contributed by atoms with Crippen LogP contribution in [0.5, 0.6) is 5.75 Å². The highest BCUT2D eigenvalue weighted by Gasteiger charge is 2.59. The summed E-state index contributed by atoms with van der Waals surface area (Å²) in [5.41, 5.74) is 0. The molecule has 25 heavy (non-hydrogen) atoms. The van der Waals surface area contributed by atoms with Crippen LogP contribution in [0.15, 0.2) is 30.3 Å².